The minimum absolute atomic E-state index is 0.708. The van der Waals surface area contributed by atoms with E-state index in [4.69, 9.17) is 12.2 Å². The van der Waals surface area contributed by atoms with Gasteiger partial charge in [0.2, 0.25) is 0 Å². The van der Waals surface area contributed by atoms with Crippen molar-refractivity contribution in [3.63, 3.8) is 0 Å². The van der Waals surface area contributed by atoms with Crippen molar-refractivity contribution in [2.75, 3.05) is 0 Å². The third-order valence-corrected chi connectivity index (χ3v) is 2.87. The summed E-state index contributed by atoms with van der Waals surface area (Å²) in [7, 11) is 0. The van der Waals surface area contributed by atoms with Gasteiger partial charge in [-0.05, 0) is 24.3 Å². The first-order chi connectivity index (χ1) is 6.16. The zero-order valence-electron chi connectivity index (χ0n) is 6.54. The monoisotopic (exact) mass is 271 g/mol. The molecule has 0 bridgehead atoms. The summed E-state index contributed by atoms with van der Waals surface area (Å²) in [6, 6.07) is 7.81. The molecule has 0 amide bonds. The van der Waals surface area contributed by atoms with E-state index in [0.29, 0.717) is 4.64 Å². The number of rotatable bonds is 0. The van der Waals surface area contributed by atoms with Crippen LogP contribution >= 0.6 is 40.8 Å². The molecule has 1 aromatic carbocycles. The van der Waals surface area contributed by atoms with Crippen molar-refractivity contribution in [3.05, 3.63) is 33.4 Å². The fourth-order valence-electron chi connectivity index (χ4n) is 1.21. The van der Waals surface area contributed by atoms with Gasteiger partial charge in [0.25, 0.3) is 0 Å². The van der Waals surface area contributed by atoms with Crippen LogP contribution in [0.5, 0.6) is 0 Å². The Kier molecular flexibility index (Phi) is 2.45. The Morgan fingerprint density at radius 2 is 2.08 bits per heavy atom. The lowest BCUT2D eigenvalue weighted by molar-refractivity contribution is 1.32. The van der Waals surface area contributed by atoms with Crippen LogP contribution in [0, 0.1) is 4.64 Å². The molecule has 0 aliphatic heterocycles. The van der Waals surface area contributed by atoms with Gasteiger partial charge in [-0.1, -0.05) is 28.1 Å². The van der Waals surface area contributed by atoms with Crippen LogP contribution in [-0.2, 0) is 0 Å². The molecule has 2 rings (SSSR count). The highest BCUT2D eigenvalue weighted by atomic mass is 79.9. The molecule has 4 heteroatoms. The van der Waals surface area contributed by atoms with Gasteiger partial charge in [-0.3, -0.25) is 0 Å². The van der Waals surface area contributed by atoms with Crippen molar-refractivity contribution < 1.29 is 0 Å². The third-order valence-electron chi connectivity index (χ3n) is 1.78. The normalized spacial score (nSPS) is 10.6. The van der Waals surface area contributed by atoms with Gasteiger partial charge in [0.05, 0.1) is 0 Å². The molecular formula is C9H6BrNS2. The lowest BCUT2D eigenvalue weighted by atomic mass is 10.2. The molecule has 1 aromatic heterocycles. The van der Waals surface area contributed by atoms with Gasteiger partial charge in [-0.25, -0.2) is 0 Å². The Bertz CT molecular complexity index is 518. The maximum absolute atomic E-state index is 5.04. The minimum Gasteiger partial charge on any atom is -0.346 e. The predicted molar refractivity (Wildman–Crippen MR) is 64.1 cm³/mol. The quantitative estimate of drug-likeness (QED) is 0.548. The molecule has 0 unspecified atom stereocenters. The molecule has 0 radical (unpaired) electrons. The van der Waals surface area contributed by atoms with Crippen LogP contribution in [0.1, 0.15) is 0 Å². The summed E-state index contributed by atoms with van der Waals surface area (Å²) >= 11 is 12.8. The molecule has 0 saturated heterocycles. The van der Waals surface area contributed by atoms with Gasteiger partial charge in [0.15, 0.2) is 0 Å². The van der Waals surface area contributed by atoms with Crippen LogP contribution in [-0.4, -0.2) is 4.98 Å². The van der Waals surface area contributed by atoms with E-state index in [2.05, 4.69) is 33.5 Å². The standard InChI is InChI=1S/C9H6BrNS2/c10-5-1-2-7-6(3-5)8(12)4-9(13)11-7/h1-4H,(H2,11,12,13). The number of H-pyrrole nitrogens is 1. The molecule has 0 atom stereocenters. The van der Waals surface area contributed by atoms with E-state index in [1.165, 1.54) is 0 Å². The zero-order chi connectivity index (χ0) is 9.42. The maximum atomic E-state index is 5.04. The summed E-state index contributed by atoms with van der Waals surface area (Å²) in [5.74, 6) is 0. The fourth-order valence-corrected chi connectivity index (χ4v) is 2.20. The Morgan fingerprint density at radius 3 is 2.85 bits per heavy atom. The first-order valence-corrected chi connectivity index (χ1v) is 5.33. The average molecular weight is 272 g/mol. The molecular weight excluding hydrogens is 266 g/mol. The summed E-state index contributed by atoms with van der Waals surface area (Å²) in [6.45, 7) is 0. The fraction of sp³-hybridized carbons (Fsp3) is 0. The summed E-state index contributed by atoms with van der Waals surface area (Å²) in [5, 5.41) is 1.08. The van der Waals surface area contributed by atoms with E-state index in [1.54, 1.807) is 0 Å². The third kappa shape index (κ3) is 1.80. The van der Waals surface area contributed by atoms with E-state index in [-0.39, 0.29) is 0 Å². The highest BCUT2D eigenvalue weighted by Gasteiger charge is 1.98. The summed E-state index contributed by atoms with van der Waals surface area (Å²) < 4.78 is 1.75. The first kappa shape index (κ1) is 9.24. The molecule has 66 valence electrons. The first-order valence-electron chi connectivity index (χ1n) is 3.68. The van der Waals surface area contributed by atoms with Gasteiger partial charge < -0.3 is 4.98 Å². The number of aromatic amines is 1. The minimum atomic E-state index is 0.708. The van der Waals surface area contributed by atoms with Gasteiger partial charge >= 0.3 is 0 Å². The molecule has 0 aliphatic rings. The number of thiol groups is 1. The molecule has 1 heterocycles. The van der Waals surface area contributed by atoms with Gasteiger partial charge in [-0.2, -0.15) is 0 Å². The number of halogens is 1. The molecule has 0 spiro atoms. The number of fused-ring (bicyclic) bond motifs is 1. The number of hydrogen-bond acceptors (Lipinski definition) is 2. The van der Waals surface area contributed by atoms with Crippen molar-refractivity contribution in [3.8, 4) is 0 Å². The molecule has 13 heavy (non-hydrogen) atoms. The van der Waals surface area contributed by atoms with Gasteiger partial charge in [0.1, 0.15) is 4.64 Å². The molecule has 0 aliphatic carbocycles. The van der Waals surface area contributed by atoms with Gasteiger partial charge in [0, 0.05) is 20.3 Å². The number of benzene rings is 1. The Morgan fingerprint density at radius 1 is 1.31 bits per heavy atom. The summed E-state index contributed by atoms with van der Waals surface area (Å²) in [5.41, 5.74) is 1.01. The van der Waals surface area contributed by atoms with Crippen molar-refractivity contribution in [2.24, 2.45) is 0 Å². The van der Waals surface area contributed by atoms with Gasteiger partial charge in [-0.15, -0.1) is 12.6 Å². The van der Waals surface area contributed by atoms with Crippen LogP contribution < -0.4 is 0 Å². The van der Waals surface area contributed by atoms with Crippen LogP contribution in [0.2, 0.25) is 0 Å². The number of aromatic nitrogens is 1. The maximum Gasteiger partial charge on any atom is 0.104 e. The van der Waals surface area contributed by atoms with E-state index < -0.39 is 0 Å². The predicted octanol–water partition coefficient (Wildman–Crippen LogP) is 3.95. The molecule has 1 N–H and O–H groups in total. The second-order valence-corrected chi connectivity index (χ2v) is 4.55. The van der Waals surface area contributed by atoms with E-state index in [9.17, 15) is 0 Å². The Balaban J connectivity index is 2.95. The summed E-state index contributed by atoms with van der Waals surface area (Å²) in [4.78, 5) is 4.01. The highest BCUT2D eigenvalue weighted by Crippen LogP contribution is 2.23. The zero-order valence-corrected chi connectivity index (χ0v) is 9.84. The SMILES string of the molecule is S=c1cc(S)c2cc(Br)ccc2[nH]1. The number of pyridine rings is 1. The largest absolute Gasteiger partial charge is 0.346 e. The Labute approximate surface area is 94.7 Å². The smallest absolute Gasteiger partial charge is 0.104 e. The van der Waals surface area contributed by atoms with Crippen LogP contribution in [0.15, 0.2) is 33.6 Å². The number of nitrogens with one attached hydrogen (secondary N) is 1. The Hall–Kier alpha value is -0.320. The van der Waals surface area contributed by atoms with Crippen molar-refractivity contribution in [1.29, 1.82) is 0 Å². The summed E-state index contributed by atoms with van der Waals surface area (Å²) in [6.07, 6.45) is 0. The molecule has 0 saturated carbocycles. The van der Waals surface area contributed by atoms with E-state index in [0.717, 1.165) is 20.3 Å². The van der Waals surface area contributed by atoms with Crippen LogP contribution in [0.25, 0.3) is 10.9 Å². The van der Waals surface area contributed by atoms with Crippen molar-refractivity contribution >= 4 is 51.7 Å². The van der Waals surface area contributed by atoms with Crippen LogP contribution in [0.3, 0.4) is 0 Å². The second kappa shape index (κ2) is 3.44. The molecule has 0 fully saturated rings. The van der Waals surface area contributed by atoms with Crippen LogP contribution in [0.4, 0.5) is 0 Å². The highest BCUT2D eigenvalue weighted by molar-refractivity contribution is 9.10. The molecule has 2 aromatic rings. The van der Waals surface area contributed by atoms with Crippen molar-refractivity contribution in [1.82, 2.24) is 4.98 Å². The van der Waals surface area contributed by atoms with E-state index in [1.807, 2.05) is 24.3 Å². The lowest BCUT2D eigenvalue weighted by Gasteiger charge is -2.01. The average Bonchev–Trinajstić information content (AvgIpc) is 2.06. The van der Waals surface area contributed by atoms with E-state index >= 15 is 0 Å². The second-order valence-electron chi connectivity index (χ2n) is 2.71. The molecule has 1 nitrogen and oxygen atoms in total. The number of hydrogen-bond donors (Lipinski definition) is 2. The van der Waals surface area contributed by atoms with Crippen molar-refractivity contribution in [2.45, 2.75) is 4.90 Å². The topological polar surface area (TPSA) is 15.8 Å². The lowest BCUT2D eigenvalue weighted by Crippen LogP contribution is -1.81.